The zero-order valence-corrected chi connectivity index (χ0v) is 13.2. The fourth-order valence-electron chi connectivity index (χ4n) is 1.51. The molecule has 2 aromatic rings. The minimum atomic E-state index is -3.74. The minimum absolute atomic E-state index is 0.0383. The fraction of sp³-hybridized carbons (Fsp3) is 0.231. The van der Waals surface area contributed by atoms with Crippen molar-refractivity contribution in [3.05, 3.63) is 42.2 Å². The zero-order valence-electron chi connectivity index (χ0n) is 12.4. The maximum atomic E-state index is 12.2. The predicted octanol–water partition coefficient (Wildman–Crippen LogP) is 2.15. The molecule has 8 nitrogen and oxygen atoms in total. The summed E-state index contributed by atoms with van der Waals surface area (Å²) in [6, 6.07) is 7.71. The first-order chi connectivity index (χ1) is 10.4. The van der Waals surface area contributed by atoms with Crippen molar-refractivity contribution < 1.29 is 8.42 Å². The van der Waals surface area contributed by atoms with Crippen molar-refractivity contribution in [2.75, 3.05) is 18.8 Å². The highest BCUT2D eigenvalue weighted by atomic mass is 32.2. The molecule has 0 unspecified atom stereocenters. The van der Waals surface area contributed by atoms with Gasteiger partial charge in [0, 0.05) is 26.0 Å². The number of nitrogens with one attached hydrogen (secondary N) is 1. The van der Waals surface area contributed by atoms with Gasteiger partial charge in [-0.05, 0) is 37.3 Å². The van der Waals surface area contributed by atoms with Crippen LogP contribution < -0.4 is 4.72 Å². The Balaban J connectivity index is 2.19. The summed E-state index contributed by atoms with van der Waals surface area (Å²) in [7, 11) is -0.248. The first-order valence-electron chi connectivity index (χ1n) is 6.38. The van der Waals surface area contributed by atoms with Crippen molar-refractivity contribution >= 4 is 21.7 Å². The number of sulfonamides is 1. The molecule has 22 heavy (non-hydrogen) atoms. The molecule has 9 heteroatoms. The van der Waals surface area contributed by atoms with Crippen LogP contribution in [0.1, 0.15) is 5.69 Å². The van der Waals surface area contributed by atoms with E-state index in [1.54, 1.807) is 44.2 Å². The number of rotatable bonds is 5. The van der Waals surface area contributed by atoms with Crippen LogP contribution in [0.25, 0.3) is 0 Å². The molecule has 0 radical (unpaired) electrons. The molecule has 0 atom stereocenters. The van der Waals surface area contributed by atoms with E-state index in [0.29, 0.717) is 11.4 Å². The van der Waals surface area contributed by atoms with Crippen LogP contribution in [0.2, 0.25) is 0 Å². The summed E-state index contributed by atoms with van der Waals surface area (Å²) in [5, 5.41) is 9.32. The van der Waals surface area contributed by atoms with E-state index < -0.39 is 10.0 Å². The van der Waals surface area contributed by atoms with Gasteiger partial charge in [0.05, 0.1) is 10.6 Å². The smallest absolute Gasteiger partial charge is 0.264 e. The Morgan fingerprint density at radius 3 is 2.41 bits per heavy atom. The number of hydrogen-bond acceptors (Lipinski definition) is 6. The maximum Gasteiger partial charge on any atom is 0.264 e. The Kier molecular flexibility index (Phi) is 4.66. The normalized spacial score (nSPS) is 11.6. The van der Waals surface area contributed by atoms with Crippen molar-refractivity contribution in [1.82, 2.24) is 15.0 Å². The molecule has 0 bridgehead atoms. The first-order valence-corrected chi connectivity index (χ1v) is 7.87. The van der Waals surface area contributed by atoms with Gasteiger partial charge in [0.25, 0.3) is 10.0 Å². The fourth-order valence-corrected chi connectivity index (χ4v) is 2.46. The van der Waals surface area contributed by atoms with E-state index in [0.717, 1.165) is 0 Å². The molecule has 0 amide bonds. The van der Waals surface area contributed by atoms with Crippen LogP contribution in [-0.4, -0.2) is 37.5 Å². The lowest BCUT2D eigenvalue weighted by atomic mass is 10.3. The third-order valence-electron chi connectivity index (χ3n) is 2.51. The molecule has 0 spiro atoms. The molecule has 0 aliphatic carbocycles. The van der Waals surface area contributed by atoms with E-state index in [2.05, 4.69) is 25.0 Å². The molecule has 2 rings (SSSR count). The second-order valence-corrected chi connectivity index (χ2v) is 6.34. The van der Waals surface area contributed by atoms with E-state index in [4.69, 9.17) is 0 Å². The second kappa shape index (κ2) is 6.48. The van der Waals surface area contributed by atoms with Crippen LogP contribution in [0.5, 0.6) is 0 Å². The van der Waals surface area contributed by atoms with Crippen molar-refractivity contribution in [3.63, 3.8) is 0 Å². The number of anilines is 1. The van der Waals surface area contributed by atoms with Crippen LogP contribution in [0, 0.1) is 6.92 Å². The Hall–Kier alpha value is -2.55. The number of nitrogens with zero attached hydrogens (tertiary/aromatic N) is 5. The van der Waals surface area contributed by atoms with Crippen molar-refractivity contribution in [1.29, 1.82) is 0 Å². The molecule has 1 N–H and O–H groups in total. The third-order valence-corrected chi connectivity index (χ3v) is 3.85. The van der Waals surface area contributed by atoms with E-state index in [-0.39, 0.29) is 10.8 Å². The van der Waals surface area contributed by atoms with Gasteiger partial charge in [-0.2, -0.15) is 0 Å². The largest absolute Gasteiger partial charge is 0.285 e. The van der Waals surface area contributed by atoms with Crippen LogP contribution in [-0.2, 0) is 10.0 Å². The van der Waals surface area contributed by atoms with Gasteiger partial charge in [-0.15, -0.1) is 5.11 Å². The molecule has 1 aromatic carbocycles. The lowest BCUT2D eigenvalue weighted by Gasteiger charge is -2.07. The van der Waals surface area contributed by atoms with Gasteiger partial charge in [0.1, 0.15) is 0 Å². The van der Waals surface area contributed by atoms with Crippen molar-refractivity contribution in [2.45, 2.75) is 11.8 Å². The molecule has 0 saturated heterocycles. The van der Waals surface area contributed by atoms with Gasteiger partial charge >= 0.3 is 0 Å². The lowest BCUT2D eigenvalue weighted by Crippen LogP contribution is -2.15. The average Bonchev–Trinajstić information content (AvgIpc) is 2.45. The summed E-state index contributed by atoms with van der Waals surface area (Å²) in [6.07, 6.45) is 1.49. The van der Waals surface area contributed by atoms with Gasteiger partial charge in [0.15, 0.2) is 0 Å². The maximum absolute atomic E-state index is 12.2. The van der Waals surface area contributed by atoms with Crippen LogP contribution in [0.4, 0.5) is 11.6 Å². The highest BCUT2D eigenvalue weighted by Gasteiger charge is 2.15. The molecule has 0 saturated carbocycles. The Morgan fingerprint density at radius 2 is 1.82 bits per heavy atom. The minimum Gasteiger partial charge on any atom is -0.285 e. The molecular formula is C13H16N6O2S. The number of hydrogen-bond donors (Lipinski definition) is 1. The van der Waals surface area contributed by atoms with E-state index in [1.165, 1.54) is 18.3 Å². The number of aromatic nitrogens is 2. The standard InChI is InChI=1S/C13H16N6O2S/c1-10-8-9-14-13(15-10)17-22(20,21)12-6-4-11(5-7-12)16-18-19(2)3/h4-9H,1-3H3,(H,14,15,17). The second-order valence-electron chi connectivity index (χ2n) is 4.66. The molecule has 0 aliphatic rings. The summed E-state index contributed by atoms with van der Waals surface area (Å²) >= 11 is 0. The summed E-state index contributed by atoms with van der Waals surface area (Å²) < 4.78 is 26.8. The van der Waals surface area contributed by atoms with Crippen molar-refractivity contribution in [2.24, 2.45) is 10.3 Å². The topological polar surface area (TPSA) is 99.9 Å². The third kappa shape index (κ3) is 4.22. The van der Waals surface area contributed by atoms with Gasteiger partial charge in [0.2, 0.25) is 5.95 Å². The van der Waals surface area contributed by atoms with Crippen molar-refractivity contribution in [3.8, 4) is 0 Å². The molecular weight excluding hydrogens is 304 g/mol. The molecule has 1 heterocycles. The highest BCUT2D eigenvalue weighted by Crippen LogP contribution is 2.18. The van der Waals surface area contributed by atoms with E-state index in [9.17, 15) is 8.42 Å². The van der Waals surface area contributed by atoms with Gasteiger partial charge in [-0.1, -0.05) is 5.22 Å². The highest BCUT2D eigenvalue weighted by molar-refractivity contribution is 7.92. The van der Waals surface area contributed by atoms with Crippen LogP contribution in [0.3, 0.4) is 0 Å². The summed E-state index contributed by atoms with van der Waals surface area (Å²) in [5.41, 5.74) is 1.23. The Labute approximate surface area is 129 Å². The predicted molar refractivity (Wildman–Crippen MR) is 82.2 cm³/mol. The zero-order chi connectivity index (χ0) is 16.2. The van der Waals surface area contributed by atoms with Gasteiger partial charge in [-0.3, -0.25) is 5.01 Å². The summed E-state index contributed by atoms with van der Waals surface area (Å²) in [6.45, 7) is 1.75. The number of aryl methyl sites for hydroxylation is 1. The SMILES string of the molecule is Cc1ccnc(NS(=O)(=O)c2ccc(N=NN(C)C)cc2)n1. The summed E-state index contributed by atoms with van der Waals surface area (Å²) in [4.78, 5) is 7.98. The average molecular weight is 320 g/mol. The quantitative estimate of drug-likeness (QED) is 0.672. The Morgan fingerprint density at radius 1 is 1.14 bits per heavy atom. The van der Waals surface area contributed by atoms with E-state index >= 15 is 0 Å². The van der Waals surface area contributed by atoms with Crippen LogP contribution in [0.15, 0.2) is 51.8 Å². The Bertz CT molecular complexity index is 771. The first kappa shape index (κ1) is 15.8. The molecule has 1 aromatic heterocycles. The monoisotopic (exact) mass is 320 g/mol. The lowest BCUT2D eigenvalue weighted by molar-refractivity contribution is 0.408. The summed E-state index contributed by atoms with van der Waals surface area (Å²) in [5.74, 6) is 0.0383. The number of benzene rings is 1. The van der Waals surface area contributed by atoms with Crippen LogP contribution >= 0.6 is 0 Å². The molecule has 0 aliphatic heterocycles. The molecule has 116 valence electrons. The van der Waals surface area contributed by atoms with Gasteiger partial charge < -0.3 is 0 Å². The molecule has 0 fully saturated rings. The van der Waals surface area contributed by atoms with Gasteiger partial charge in [-0.25, -0.2) is 23.1 Å². The van der Waals surface area contributed by atoms with E-state index in [1.807, 2.05) is 0 Å².